The van der Waals surface area contributed by atoms with Gasteiger partial charge in [-0.2, -0.15) is 0 Å². The van der Waals surface area contributed by atoms with Crippen LogP contribution in [0.5, 0.6) is 0 Å². The fourth-order valence-corrected chi connectivity index (χ4v) is 22.1. The predicted octanol–water partition coefficient (Wildman–Crippen LogP) is 30.2. The molecule has 0 atom stereocenters. The molecular formula is C114H68N10S2. The van der Waals surface area contributed by atoms with E-state index in [0.717, 1.165) is 181 Å². The Morgan fingerprint density at radius 1 is 0.167 bits per heavy atom. The van der Waals surface area contributed by atoms with Crippen molar-refractivity contribution in [3.05, 3.63) is 413 Å². The first-order valence-corrected chi connectivity index (χ1v) is 44.1. The summed E-state index contributed by atoms with van der Waals surface area (Å²) in [6.07, 6.45) is 0. The highest BCUT2D eigenvalue weighted by Crippen LogP contribution is 2.53. The number of hydrogen-bond acceptors (Lipinski definition) is 8. The molecule has 0 aliphatic carbocycles. The first kappa shape index (κ1) is 71.4. The van der Waals surface area contributed by atoms with E-state index in [1.165, 1.54) is 35.6 Å². The Morgan fingerprint density at radius 2 is 0.508 bits per heavy atom. The van der Waals surface area contributed by atoms with E-state index in [1.807, 2.05) is 59.1 Å². The molecular weight excluding hydrogens is 1570 g/mol. The zero-order valence-corrected chi connectivity index (χ0v) is 69.2. The van der Waals surface area contributed by atoms with E-state index < -0.39 is 0 Å². The lowest BCUT2D eigenvalue weighted by molar-refractivity contribution is 1.05. The highest BCUT2D eigenvalue weighted by Gasteiger charge is 2.32. The Hall–Kier alpha value is -16.4. The predicted molar refractivity (Wildman–Crippen MR) is 525 cm³/mol. The number of para-hydroxylation sites is 7. The molecule has 586 valence electrons. The molecule has 8 aromatic heterocycles. The van der Waals surface area contributed by atoms with Gasteiger partial charge in [-0.05, 0) is 119 Å². The minimum atomic E-state index is 0.521. The lowest BCUT2D eigenvalue weighted by atomic mass is 9.93. The van der Waals surface area contributed by atoms with E-state index in [4.69, 9.17) is 29.9 Å². The number of fused-ring (bicyclic) bond motifs is 18. The van der Waals surface area contributed by atoms with Crippen LogP contribution in [0.25, 0.3) is 252 Å². The average molecular weight is 1640 g/mol. The fraction of sp³-hybridized carbons (Fsp3) is 0. The first-order chi connectivity index (χ1) is 62.5. The molecule has 8 heterocycles. The van der Waals surface area contributed by atoms with Crippen LogP contribution in [0.1, 0.15) is 0 Å². The first-order valence-electron chi connectivity index (χ1n) is 42.5. The molecule has 0 aliphatic rings. The van der Waals surface area contributed by atoms with Crippen LogP contribution in [0.3, 0.4) is 0 Å². The third kappa shape index (κ3) is 11.2. The lowest BCUT2D eigenvalue weighted by Crippen LogP contribution is -2.09. The van der Waals surface area contributed by atoms with Gasteiger partial charge in [-0.1, -0.05) is 315 Å². The smallest absolute Gasteiger partial charge is 0.166 e. The maximum atomic E-state index is 6.00. The summed E-state index contributed by atoms with van der Waals surface area (Å²) >= 11 is 3.65. The van der Waals surface area contributed by atoms with E-state index in [0.29, 0.717) is 34.9 Å². The molecule has 12 heteroatoms. The van der Waals surface area contributed by atoms with Gasteiger partial charge in [0.05, 0.1) is 72.4 Å². The van der Waals surface area contributed by atoms with E-state index in [-0.39, 0.29) is 0 Å². The minimum Gasteiger partial charge on any atom is -0.307 e. The second-order valence-corrected chi connectivity index (χ2v) is 34.4. The van der Waals surface area contributed by atoms with Gasteiger partial charge in [0.15, 0.2) is 34.9 Å². The van der Waals surface area contributed by atoms with Crippen LogP contribution in [0, 0.1) is 0 Å². The summed E-state index contributed by atoms with van der Waals surface area (Å²) in [5, 5.41) is 13.9. The van der Waals surface area contributed by atoms with Gasteiger partial charge in [-0.25, -0.2) is 29.9 Å². The molecule has 0 amide bonds. The highest BCUT2D eigenvalue weighted by atomic mass is 32.1. The van der Waals surface area contributed by atoms with Crippen molar-refractivity contribution >= 4 is 150 Å². The number of nitrogens with zero attached hydrogens (tertiary/aromatic N) is 10. The molecule has 0 fully saturated rings. The lowest BCUT2D eigenvalue weighted by Gasteiger charge is -2.24. The van der Waals surface area contributed by atoms with Gasteiger partial charge >= 0.3 is 0 Å². The van der Waals surface area contributed by atoms with E-state index >= 15 is 0 Å². The van der Waals surface area contributed by atoms with E-state index in [9.17, 15) is 0 Å². The van der Waals surface area contributed by atoms with Crippen LogP contribution in [0.15, 0.2) is 413 Å². The third-order valence-corrected chi connectivity index (χ3v) is 27.7. The largest absolute Gasteiger partial charge is 0.307 e. The van der Waals surface area contributed by atoms with Crippen molar-refractivity contribution in [1.29, 1.82) is 0 Å². The summed E-state index contributed by atoms with van der Waals surface area (Å²) in [7, 11) is 0. The highest BCUT2D eigenvalue weighted by molar-refractivity contribution is 7.26. The Kier molecular flexibility index (Phi) is 16.2. The van der Waals surface area contributed by atoms with Gasteiger partial charge in [0, 0.05) is 122 Å². The van der Waals surface area contributed by atoms with Gasteiger partial charge in [0.25, 0.3) is 0 Å². The molecule has 0 N–H and O–H groups in total. The van der Waals surface area contributed by atoms with Crippen molar-refractivity contribution in [1.82, 2.24) is 48.2 Å². The minimum absolute atomic E-state index is 0.521. The molecule has 0 radical (unpaired) electrons. The van der Waals surface area contributed by atoms with E-state index in [1.54, 1.807) is 0 Å². The number of benzene rings is 18. The molecule has 0 unspecified atom stereocenters. The standard InChI is InChI=1S/C114H68N10S2/c1-4-30-69(31-5-1)109-115-110(70-32-6-2-7-33-70)118-113(117-109)89-62-64-98(121-91-49-19-10-38-77(91)78-39-11-20-50-92(78)121)106(104(89)88-48-29-47-87-85-45-17-27-57-102(85)126-108(87)88)124-97-55-25-16-44-83(97)84-60-58-73(68-100(84)124)72-36-28-37-75(66-72)112-116-111(71-34-8-3-9-35-71)119-114(120-112)105-76(74-59-65-103-90(67-74)86-46-18-26-56-101(86)125-103)61-63-99(122-93-51-21-12-40-79(93)80-41-13-22-52-94(80)122)107(105)123-95-53-23-14-42-81(95)82-43-15-24-54-96(82)123/h1-68H. The summed E-state index contributed by atoms with van der Waals surface area (Å²) in [5.74, 6) is 3.28. The van der Waals surface area contributed by atoms with Crippen molar-refractivity contribution < 1.29 is 0 Å². The molecule has 0 spiro atoms. The number of thiophene rings is 2. The van der Waals surface area contributed by atoms with Gasteiger partial charge < -0.3 is 18.3 Å². The number of aromatic nitrogens is 10. The summed E-state index contributed by atoms with van der Waals surface area (Å²) in [6.45, 7) is 0. The summed E-state index contributed by atoms with van der Waals surface area (Å²) in [4.78, 5) is 34.1. The van der Waals surface area contributed by atoms with Crippen molar-refractivity contribution in [2.75, 3.05) is 0 Å². The van der Waals surface area contributed by atoms with Crippen LogP contribution >= 0.6 is 22.7 Å². The molecule has 0 bridgehead atoms. The maximum absolute atomic E-state index is 6.00. The second kappa shape index (κ2) is 28.6. The maximum Gasteiger partial charge on any atom is 0.166 e. The van der Waals surface area contributed by atoms with Crippen LogP contribution in [-0.2, 0) is 0 Å². The monoisotopic (exact) mass is 1640 g/mol. The van der Waals surface area contributed by atoms with Gasteiger partial charge in [-0.15, -0.1) is 22.7 Å². The quantitative estimate of drug-likeness (QED) is 0.114. The SMILES string of the molecule is c1ccc(-c2nc(-c3ccccc3)nc(-c3ccc(-n4c5ccccc5c5ccccc54)c(-n4c5ccccc5c5ccc(-c6cccc(-c7nc(-c8ccccc8)nc(-c8c(-c9ccc%10sc%11ccccc%11c%10c9)ccc(-n9c%10ccccc%10c%10ccccc%109)c8-n8c9ccccc9c9ccccc98)n7)c6)cc54)c3-c3cccc4c3sc3ccccc34)n2)cc1. The van der Waals surface area contributed by atoms with Crippen LogP contribution in [-0.4, -0.2) is 48.2 Å². The molecule has 0 aliphatic heterocycles. The van der Waals surface area contributed by atoms with Crippen molar-refractivity contribution in [2.24, 2.45) is 0 Å². The van der Waals surface area contributed by atoms with Crippen LogP contribution in [0.4, 0.5) is 0 Å². The Balaban J connectivity index is 0.747. The molecule has 26 rings (SSSR count). The van der Waals surface area contributed by atoms with Crippen molar-refractivity contribution in [3.63, 3.8) is 0 Å². The van der Waals surface area contributed by atoms with Gasteiger partial charge in [0.2, 0.25) is 0 Å². The zero-order valence-electron chi connectivity index (χ0n) is 67.5. The summed E-state index contributed by atoms with van der Waals surface area (Å²) in [5.41, 5.74) is 23.5. The van der Waals surface area contributed by atoms with Crippen molar-refractivity contribution in [3.8, 4) is 124 Å². The van der Waals surface area contributed by atoms with E-state index in [2.05, 4.69) is 394 Å². The van der Waals surface area contributed by atoms with Gasteiger partial charge in [-0.3, -0.25) is 0 Å². The third-order valence-electron chi connectivity index (χ3n) is 25.3. The molecule has 0 saturated carbocycles. The van der Waals surface area contributed by atoms with Gasteiger partial charge in [0.1, 0.15) is 0 Å². The summed E-state index contributed by atoms with van der Waals surface area (Å²) in [6, 6.07) is 149. The fourth-order valence-electron chi connectivity index (χ4n) is 19.8. The molecule has 10 nitrogen and oxygen atoms in total. The molecule has 18 aromatic carbocycles. The molecule has 126 heavy (non-hydrogen) atoms. The number of rotatable bonds is 13. The Labute approximate surface area is 730 Å². The summed E-state index contributed by atoms with van der Waals surface area (Å²) < 4.78 is 14.8. The Morgan fingerprint density at radius 3 is 1.02 bits per heavy atom. The zero-order chi connectivity index (χ0) is 82.6. The van der Waals surface area contributed by atoms with Crippen LogP contribution < -0.4 is 0 Å². The number of hydrogen-bond donors (Lipinski definition) is 0. The van der Waals surface area contributed by atoms with Crippen LogP contribution in [0.2, 0.25) is 0 Å². The normalized spacial score (nSPS) is 12.0. The second-order valence-electron chi connectivity index (χ2n) is 32.3. The van der Waals surface area contributed by atoms with Crippen molar-refractivity contribution in [2.45, 2.75) is 0 Å². The molecule has 0 saturated heterocycles. The average Bonchev–Trinajstić information content (AvgIpc) is 1.62. The molecule has 26 aromatic rings. The Bertz CT molecular complexity index is 8780. The topological polar surface area (TPSA) is 97.1 Å².